The summed E-state index contributed by atoms with van der Waals surface area (Å²) >= 11 is 0. The number of anilines is 2. The Morgan fingerprint density at radius 1 is 0.848 bits per heavy atom. The summed E-state index contributed by atoms with van der Waals surface area (Å²) in [7, 11) is 0. The van der Waals surface area contributed by atoms with Crippen molar-refractivity contribution in [3.8, 4) is 5.75 Å². The molecule has 1 fully saturated rings. The third-order valence-corrected chi connectivity index (χ3v) is 5.95. The van der Waals surface area contributed by atoms with Gasteiger partial charge in [-0.25, -0.2) is 0 Å². The van der Waals surface area contributed by atoms with Gasteiger partial charge in [0, 0.05) is 31.7 Å². The molecule has 2 amide bonds. The van der Waals surface area contributed by atoms with E-state index in [1.54, 1.807) is 0 Å². The molecule has 1 aliphatic rings. The van der Waals surface area contributed by atoms with E-state index in [0.717, 1.165) is 16.9 Å². The number of carbonyl (C=O) groups is 2. The summed E-state index contributed by atoms with van der Waals surface area (Å²) in [5, 5.41) is 2.98. The van der Waals surface area contributed by atoms with Crippen LogP contribution in [0.4, 0.5) is 11.4 Å². The molecule has 1 heterocycles. The fourth-order valence-corrected chi connectivity index (χ4v) is 3.91. The summed E-state index contributed by atoms with van der Waals surface area (Å²) < 4.78 is 5.67. The quantitative estimate of drug-likeness (QED) is 0.618. The van der Waals surface area contributed by atoms with Gasteiger partial charge in [-0.1, -0.05) is 36.4 Å². The summed E-state index contributed by atoms with van der Waals surface area (Å²) in [6, 6.07) is 22.9. The van der Waals surface area contributed by atoms with Crippen molar-refractivity contribution in [2.24, 2.45) is 0 Å². The fraction of sp³-hybridized carbons (Fsp3) is 0.259. The number of piperazine rings is 1. The number of aryl methyl sites for hydroxylation is 2. The van der Waals surface area contributed by atoms with E-state index in [4.69, 9.17) is 4.74 Å². The maximum Gasteiger partial charge on any atom is 0.262 e. The predicted molar refractivity (Wildman–Crippen MR) is 131 cm³/mol. The molecule has 1 aliphatic heterocycles. The van der Waals surface area contributed by atoms with Crippen LogP contribution < -0.4 is 15.0 Å². The van der Waals surface area contributed by atoms with E-state index in [1.165, 1.54) is 5.56 Å². The normalized spacial score (nSPS) is 13.5. The second kappa shape index (κ2) is 10.2. The highest BCUT2D eigenvalue weighted by molar-refractivity contribution is 5.96. The van der Waals surface area contributed by atoms with Crippen LogP contribution in [0.1, 0.15) is 21.5 Å². The third kappa shape index (κ3) is 5.52. The van der Waals surface area contributed by atoms with Crippen molar-refractivity contribution in [3.05, 3.63) is 89.5 Å². The summed E-state index contributed by atoms with van der Waals surface area (Å²) in [6.45, 7) is 6.66. The summed E-state index contributed by atoms with van der Waals surface area (Å²) in [5.74, 6) is 0.527. The van der Waals surface area contributed by atoms with Crippen LogP contribution >= 0.6 is 0 Å². The Morgan fingerprint density at radius 3 is 2.27 bits per heavy atom. The molecule has 33 heavy (non-hydrogen) atoms. The standard InChI is InChI=1S/C27H29N3O3/c1-20-12-13-23(18-21(20)2)33-19-26(31)28-24-10-6-7-11-25(24)29-14-16-30(17-15-29)27(32)22-8-4-3-5-9-22/h3-13,18H,14-17,19H2,1-2H3,(H,28,31). The van der Waals surface area contributed by atoms with Crippen LogP contribution in [0.2, 0.25) is 0 Å². The van der Waals surface area contributed by atoms with Crippen LogP contribution in [0.5, 0.6) is 5.75 Å². The van der Waals surface area contributed by atoms with E-state index >= 15 is 0 Å². The van der Waals surface area contributed by atoms with Gasteiger partial charge >= 0.3 is 0 Å². The van der Waals surface area contributed by atoms with Crippen molar-refractivity contribution < 1.29 is 14.3 Å². The molecule has 170 valence electrons. The molecule has 4 rings (SSSR count). The Balaban J connectivity index is 1.35. The molecule has 0 atom stereocenters. The molecular formula is C27H29N3O3. The van der Waals surface area contributed by atoms with Crippen molar-refractivity contribution in [2.75, 3.05) is 43.0 Å². The minimum Gasteiger partial charge on any atom is -0.484 e. The Morgan fingerprint density at radius 2 is 1.55 bits per heavy atom. The first-order chi connectivity index (χ1) is 16.0. The van der Waals surface area contributed by atoms with Gasteiger partial charge in [-0.2, -0.15) is 0 Å². The van der Waals surface area contributed by atoms with Gasteiger partial charge in [0.15, 0.2) is 6.61 Å². The molecular weight excluding hydrogens is 414 g/mol. The van der Waals surface area contributed by atoms with Crippen molar-refractivity contribution in [2.45, 2.75) is 13.8 Å². The number of amides is 2. The molecule has 3 aromatic rings. The lowest BCUT2D eigenvalue weighted by atomic mass is 10.1. The zero-order chi connectivity index (χ0) is 23.2. The van der Waals surface area contributed by atoms with E-state index in [1.807, 2.05) is 91.5 Å². The highest BCUT2D eigenvalue weighted by atomic mass is 16.5. The van der Waals surface area contributed by atoms with Crippen LogP contribution in [-0.4, -0.2) is 49.5 Å². The maximum absolute atomic E-state index is 12.7. The van der Waals surface area contributed by atoms with Crippen molar-refractivity contribution >= 4 is 23.2 Å². The topological polar surface area (TPSA) is 61.9 Å². The molecule has 1 saturated heterocycles. The summed E-state index contributed by atoms with van der Waals surface area (Å²) in [6.07, 6.45) is 0. The number of carbonyl (C=O) groups excluding carboxylic acids is 2. The number of rotatable bonds is 6. The highest BCUT2D eigenvalue weighted by Crippen LogP contribution is 2.27. The first-order valence-electron chi connectivity index (χ1n) is 11.2. The number of ether oxygens (including phenoxy) is 1. The lowest BCUT2D eigenvalue weighted by Crippen LogP contribution is -2.49. The van der Waals surface area contributed by atoms with Crippen molar-refractivity contribution in [1.29, 1.82) is 0 Å². The Labute approximate surface area is 194 Å². The van der Waals surface area contributed by atoms with Gasteiger partial charge in [-0.3, -0.25) is 9.59 Å². The number of para-hydroxylation sites is 2. The van der Waals surface area contributed by atoms with Crippen LogP contribution in [0, 0.1) is 13.8 Å². The summed E-state index contributed by atoms with van der Waals surface area (Å²) in [5.41, 5.74) is 4.72. The van der Waals surface area contributed by atoms with Crippen LogP contribution in [0.25, 0.3) is 0 Å². The Bertz CT molecular complexity index is 1120. The highest BCUT2D eigenvalue weighted by Gasteiger charge is 2.23. The van der Waals surface area contributed by atoms with Gasteiger partial charge in [0.1, 0.15) is 5.75 Å². The summed E-state index contributed by atoms with van der Waals surface area (Å²) in [4.78, 5) is 29.4. The van der Waals surface area contributed by atoms with E-state index in [9.17, 15) is 9.59 Å². The smallest absolute Gasteiger partial charge is 0.262 e. The number of nitrogens with zero attached hydrogens (tertiary/aromatic N) is 2. The minimum absolute atomic E-state index is 0.0559. The molecule has 6 heteroatoms. The number of hydrogen-bond acceptors (Lipinski definition) is 4. The predicted octanol–water partition coefficient (Wildman–Crippen LogP) is 4.28. The Kier molecular flexibility index (Phi) is 6.93. The second-order valence-electron chi connectivity index (χ2n) is 8.25. The van der Waals surface area contributed by atoms with Gasteiger partial charge in [0.25, 0.3) is 11.8 Å². The first-order valence-corrected chi connectivity index (χ1v) is 11.2. The average Bonchev–Trinajstić information content (AvgIpc) is 2.85. The number of nitrogens with one attached hydrogen (secondary N) is 1. The molecule has 0 radical (unpaired) electrons. The lowest BCUT2D eigenvalue weighted by Gasteiger charge is -2.37. The molecule has 0 spiro atoms. The molecule has 0 saturated carbocycles. The second-order valence-corrected chi connectivity index (χ2v) is 8.25. The van der Waals surface area contributed by atoms with E-state index in [-0.39, 0.29) is 18.4 Å². The minimum atomic E-state index is -0.210. The van der Waals surface area contributed by atoms with Gasteiger partial charge in [0.2, 0.25) is 0 Å². The number of benzene rings is 3. The molecule has 0 unspecified atom stereocenters. The first kappa shape index (κ1) is 22.4. The van der Waals surface area contributed by atoms with Gasteiger partial charge < -0.3 is 19.9 Å². The molecule has 1 N–H and O–H groups in total. The van der Waals surface area contributed by atoms with E-state index in [2.05, 4.69) is 10.2 Å². The van der Waals surface area contributed by atoms with Gasteiger partial charge in [-0.15, -0.1) is 0 Å². The van der Waals surface area contributed by atoms with Crippen molar-refractivity contribution in [3.63, 3.8) is 0 Å². The van der Waals surface area contributed by atoms with Crippen molar-refractivity contribution in [1.82, 2.24) is 4.90 Å². The monoisotopic (exact) mass is 443 g/mol. The molecule has 0 bridgehead atoms. The Hall–Kier alpha value is -3.80. The van der Waals surface area contributed by atoms with E-state index in [0.29, 0.717) is 37.5 Å². The largest absolute Gasteiger partial charge is 0.484 e. The molecule has 0 aliphatic carbocycles. The molecule has 3 aromatic carbocycles. The SMILES string of the molecule is Cc1ccc(OCC(=O)Nc2ccccc2N2CCN(C(=O)c3ccccc3)CC2)cc1C. The zero-order valence-electron chi connectivity index (χ0n) is 19.1. The van der Waals surface area contributed by atoms with Crippen LogP contribution in [0.15, 0.2) is 72.8 Å². The number of hydrogen-bond donors (Lipinski definition) is 1. The molecule has 6 nitrogen and oxygen atoms in total. The maximum atomic E-state index is 12.7. The fourth-order valence-electron chi connectivity index (χ4n) is 3.91. The molecule has 0 aromatic heterocycles. The average molecular weight is 444 g/mol. The van der Waals surface area contributed by atoms with Gasteiger partial charge in [0.05, 0.1) is 11.4 Å². The van der Waals surface area contributed by atoms with Crippen LogP contribution in [0.3, 0.4) is 0 Å². The van der Waals surface area contributed by atoms with E-state index < -0.39 is 0 Å². The lowest BCUT2D eigenvalue weighted by molar-refractivity contribution is -0.118. The van der Waals surface area contributed by atoms with Crippen LogP contribution in [-0.2, 0) is 4.79 Å². The third-order valence-electron chi connectivity index (χ3n) is 5.95. The van der Waals surface area contributed by atoms with Gasteiger partial charge in [-0.05, 0) is 61.4 Å². The zero-order valence-corrected chi connectivity index (χ0v) is 19.1.